The van der Waals surface area contributed by atoms with Crippen molar-refractivity contribution in [3.8, 4) is 0 Å². The molecule has 3 aromatic rings. The van der Waals surface area contributed by atoms with Crippen LogP contribution in [0.5, 0.6) is 0 Å². The number of aromatic nitrogens is 2. The largest absolute Gasteiger partial charge is 0.337 e. The van der Waals surface area contributed by atoms with Crippen molar-refractivity contribution >= 4 is 28.8 Å². The molecule has 0 bridgehead atoms. The molecule has 0 aliphatic rings. The first kappa shape index (κ1) is 18.7. The van der Waals surface area contributed by atoms with Crippen molar-refractivity contribution in [1.29, 1.82) is 0 Å². The Balaban J connectivity index is 1.81. The molecule has 1 aromatic carbocycles. The molecule has 0 spiro atoms. The van der Waals surface area contributed by atoms with E-state index in [2.05, 4.69) is 5.10 Å². The topological polar surface area (TPSA) is 38.1 Å². The third-order valence-electron chi connectivity index (χ3n) is 4.61. The minimum atomic E-state index is 0.0511. The summed E-state index contributed by atoms with van der Waals surface area (Å²) >= 11 is 7.76. The van der Waals surface area contributed by atoms with Crippen LogP contribution < -0.4 is 0 Å². The SMILES string of the molecule is Cc1ccsc1C(=O)N(C)Cc1c(C)nn(Cc2ccccc2Cl)c1C. The highest BCUT2D eigenvalue weighted by atomic mass is 35.5. The van der Waals surface area contributed by atoms with Crippen LogP contribution in [0.15, 0.2) is 35.7 Å². The molecule has 6 heteroatoms. The zero-order valence-electron chi connectivity index (χ0n) is 15.4. The Morgan fingerprint density at radius 2 is 1.96 bits per heavy atom. The minimum absolute atomic E-state index is 0.0511. The fraction of sp³-hybridized carbons (Fsp3) is 0.300. The fourth-order valence-electron chi connectivity index (χ4n) is 2.98. The van der Waals surface area contributed by atoms with E-state index in [0.29, 0.717) is 13.1 Å². The highest BCUT2D eigenvalue weighted by molar-refractivity contribution is 7.12. The van der Waals surface area contributed by atoms with Gasteiger partial charge in [-0.25, -0.2) is 0 Å². The third kappa shape index (κ3) is 3.69. The lowest BCUT2D eigenvalue weighted by molar-refractivity contribution is 0.0789. The standard InChI is InChI=1S/C20H22ClN3OS/c1-13-9-10-26-19(13)20(25)23(4)12-17-14(2)22-24(15(17)3)11-16-7-5-6-8-18(16)21/h5-10H,11-12H2,1-4H3. The van der Waals surface area contributed by atoms with Crippen molar-refractivity contribution in [2.45, 2.75) is 33.9 Å². The van der Waals surface area contributed by atoms with Gasteiger partial charge in [0.05, 0.1) is 17.1 Å². The molecule has 0 radical (unpaired) electrons. The molecule has 0 N–H and O–H groups in total. The van der Waals surface area contributed by atoms with Gasteiger partial charge < -0.3 is 4.90 Å². The minimum Gasteiger partial charge on any atom is -0.337 e. The fourth-order valence-corrected chi connectivity index (χ4v) is 4.09. The Morgan fingerprint density at radius 3 is 2.62 bits per heavy atom. The lowest BCUT2D eigenvalue weighted by atomic mass is 10.1. The number of benzene rings is 1. The van der Waals surface area contributed by atoms with Crippen molar-refractivity contribution < 1.29 is 4.79 Å². The van der Waals surface area contributed by atoms with E-state index in [0.717, 1.165) is 38.0 Å². The molecule has 4 nitrogen and oxygen atoms in total. The van der Waals surface area contributed by atoms with Gasteiger partial charge in [0.15, 0.2) is 0 Å². The molecule has 136 valence electrons. The Bertz CT molecular complexity index is 944. The summed E-state index contributed by atoms with van der Waals surface area (Å²) in [5.41, 5.74) is 5.14. The van der Waals surface area contributed by atoms with Gasteiger partial charge in [0.1, 0.15) is 0 Å². The number of amides is 1. The van der Waals surface area contributed by atoms with Gasteiger partial charge in [-0.15, -0.1) is 11.3 Å². The first-order chi connectivity index (χ1) is 12.4. The Hall–Kier alpha value is -2.11. The van der Waals surface area contributed by atoms with Crippen LogP contribution in [0, 0.1) is 20.8 Å². The van der Waals surface area contributed by atoms with Crippen LogP contribution in [0.2, 0.25) is 5.02 Å². The lowest BCUT2D eigenvalue weighted by Gasteiger charge is -2.17. The molecular weight excluding hydrogens is 366 g/mol. The summed E-state index contributed by atoms with van der Waals surface area (Å²) in [6, 6.07) is 9.77. The predicted molar refractivity (Wildman–Crippen MR) is 107 cm³/mol. The van der Waals surface area contributed by atoms with Gasteiger partial charge in [-0.05, 0) is 49.4 Å². The molecule has 0 saturated carbocycles. The number of hydrogen-bond acceptors (Lipinski definition) is 3. The van der Waals surface area contributed by atoms with Gasteiger partial charge in [0.25, 0.3) is 5.91 Å². The number of carbonyl (C=O) groups is 1. The summed E-state index contributed by atoms with van der Waals surface area (Å²) in [5, 5.41) is 7.35. The number of nitrogens with zero attached hydrogens (tertiary/aromatic N) is 3. The second kappa shape index (κ2) is 7.64. The summed E-state index contributed by atoms with van der Waals surface area (Å²) in [6.07, 6.45) is 0. The van der Waals surface area contributed by atoms with E-state index >= 15 is 0 Å². The molecule has 26 heavy (non-hydrogen) atoms. The second-order valence-corrected chi connectivity index (χ2v) is 7.82. The van der Waals surface area contributed by atoms with Crippen LogP contribution in [0.3, 0.4) is 0 Å². The molecule has 2 heterocycles. The van der Waals surface area contributed by atoms with Crippen molar-refractivity contribution in [2.75, 3.05) is 7.05 Å². The molecule has 1 amide bonds. The number of rotatable bonds is 5. The van der Waals surface area contributed by atoms with E-state index in [-0.39, 0.29) is 5.91 Å². The molecule has 0 atom stereocenters. The van der Waals surface area contributed by atoms with Gasteiger partial charge in [0, 0.05) is 29.9 Å². The molecule has 0 aliphatic carbocycles. The smallest absolute Gasteiger partial charge is 0.264 e. The van der Waals surface area contributed by atoms with Crippen molar-refractivity contribution in [3.05, 3.63) is 73.7 Å². The average molecular weight is 388 g/mol. The van der Waals surface area contributed by atoms with E-state index in [4.69, 9.17) is 11.6 Å². The molecule has 3 rings (SSSR count). The molecule has 0 fully saturated rings. The lowest BCUT2D eigenvalue weighted by Crippen LogP contribution is -2.26. The summed E-state index contributed by atoms with van der Waals surface area (Å²) < 4.78 is 1.96. The molecular formula is C20H22ClN3OS. The second-order valence-electron chi connectivity index (χ2n) is 6.49. The first-order valence-corrected chi connectivity index (χ1v) is 9.70. The third-order valence-corrected chi connectivity index (χ3v) is 5.98. The van der Waals surface area contributed by atoms with Gasteiger partial charge >= 0.3 is 0 Å². The van der Waals surface area contributed by atoms with E-state index in [9.17, 15) is 4.79 Å². The van der Waals surface area contributed by atoms with Crippen molar-refractivity contribution in [3.63, 3.8) is 0 Å². The number of halogens is 1. The van der Waals surface area contributed by atoms with Crippen LogP contribution in [0.25, 0.3) is 0 Å². The van der Waals surface area contributed by atoms with Crippen molar-refractivity contribution in [2.24, 2.45) is 0 Å². The summed E-state index contributed by atoms with van der Waals surface area (Å²) in [6.45, 7) is 7.15. The quantitative estimate of drug-likeness (QED) is 0.628. The maximum Gasteiger partial charge on any atom is 0.264 e. The van der Waals surface area contributed by atoms with E-state index in [1.807, 2.05) is 68.2 Å². The van der Waals surface area contributed by atoms with Crippen LogP contribution in [0.4, 0.5) is 0 Å². The highest BCUT2D eigenvalue weighted by Gasteiger charge is 2.19. The van der Waals surface area contributed by atoms with Crippen LogP contribution in [0.1, 0.15) is 37.7 Å². The highest BCUT2D eigenvalue weighted by Crippen LogP contribution is 2.22. The summed E-state index contributed by atoms with van der Waals surface area (Å²) in [4.78, 5) is 15.2. The van der Waals surface area contributed by atoms with E-state index < -0.39 is 0 Å². The molecule has 0 saturated heterocycles. The Kier molecular flexibility index (Phi) is 5.49. The van der Waals surface area contributed by atoms with E-state index in [1.165, 1.54) is 11.3 Å². The predicted octanol–water partition coefficient (Wildman–Crippen LogP) is 4.84. The molecule has 2 aromatic heterocycles. The van der Waals surface area contributed by atoms with Gasteiger partial charge in [-0.1, -0.05) is 29.8 Å². The number of thiophene rings is 1. The van der Waals surface area contributed by atoms with Crippen LogP contribution in [-0.4, -0.2) is 27.6 Å². The van der Waals surface area contributed by atoms with Gasteiger partial charge in [-0.3, -0.25) is 9.48 Å². The van der Waals surface area contributed by atoms with Gasteiger partial charge in [-0.2, -0.15) is 5.10 Å². The first-order valence-electron chi connectivity index (χ1n) is 8.44. The molecule has 0 aliphatic heterocycles. The number of carbonyl (C=O) groups excluding carboxylic acids is 1. The Morgan fingerprint density at radius 1 is 1.23 bits per heavy atom. The maximum atomic E-state index is 12.7. The van der Waals surface area contributed by atoms with Gasteiger partial charge in [0.2, 0.25) is 0 Å². The Labute approximate surface area is 163 Å². The summed E-state index contributed by atoms with van der Waals surface area (Å²) in [7, 11) is 1.84. The van der Waals surface area contributed by atoms with E-state index in [1.54, 1.807) is 4.90 Å². The summed E-state index contributed by atoms with van der Waals surface area (Å²) in [5.74, 6) is 0.0511. The van der Waals surface area contributed by atoms with Crippen LogP contribution >= 0.6 is 22.9 Å². The monoisotopic (exact) mass is 387 g/mol. The number of hydrogen-bond donors (Lipinski definition) is 0. The zero-order valence-corrected chi connectivity index (χ0v) is 17.0. The zero-order chi connectivity index (χ0) is 18.8. The normalized spacial score (nSPS) is 11.0. The maximum absolute atomic E-state index is 12.7. The average Bonchev–Trinajstić information content (AvgIpc) is 3.15. The molecule has 0 unspecified atom stereocenters. The number of aryl methyl sites for hydroxylation is 2. The van der Waals surface area contributed by atoms with Crippen molar-refractivity contribution in [1.82, 2.24) is 14.7 Å². The van der Waals surface area contributed by atoms with Crippen LogP contribution in [-0.2, 0) is 13.1 Å².